The number of halogens is 2. The van der Waals surface area contributed by atoms with Crippen molar-refractivity contribution in [1.29, 1.82) is 0 Å². The SMILES string of the molecule is COCCN(CC(=O)N(Cc1ccc(F)cc1)Cc1cccs1)S(=O)(=O)c1ccc(Br)cc1. The highest BCUT2D eigenvalue weighted by atomic mass is 79.9. The molecule has 33 heavy (non-hydrogen) atoms. The number of benzene rings is 2. The molecule has 3 rings (SSSR count). The molecular weight excluding hydrogens is 531 g/mol. The first-order chi connectivity index (χ1) is 15.8. The van der Waals surface area contributed by atoms with Crippen LogP contribution in [-0.2, 0) is 32.6 Å². The molecule has 10 heteroatoms. The molecule has 0 spiro atoms. The van der Waals surface area contributed by atoms with Crippen LogP contribution in [0.1, 0.15) is 10.4 Å². The van der Waals surface area contributed by atoms with Gasteiger partial charge in [0.1, 0.15) is 5.82 Å². The summed E-state index contributed by atoms with van der Waals surface area (Å²) in [6, 6.07) is 16.0. The number of rotatable bonds is 11. The molecule has 1 amide bonds. The van der Waals surface area contributed by atoms with E-state index in [0.29, 0.717) is 6.54 Å². The number of carbonyl (C=O) groups is 1. The predicted octanol–water partition coefficient (Wildman–Crippen LogP) is 4.52. The van der Waals surface area contributed by atoms with Gasteiger partial charge in [0.2, 0.25) is 15.9 Å². The van der Waals surface area contributed by atoms with Crippen molar-refractivity contribution >= 4 is 43.2 Å². The third-order valence-corrected chi connectivity index (χ3v) is 8.12. The minimum absolute atomic E-state index is 0.0318. The molecule has 0 atom stereocenters. The number of sulfonamides is 1. The Morgan fingerprint density at radius 2 is 1.76 bits per heavy atom. The van der Waals surface area contributed by atoms with Crippen LogP contribution in [0.4, 0.5) is 4.39 Å². The number of methoxy groups -OCH3 is 1. The van der Waals surface area contributed by atoms with E-state index in [1.807, 2.05) is 17.5 Å². The van der Waals surface area contributed by atoms with E-state index in [1.165, 1.54) is 42.7 Å². The summed E-state index contributed by atoms with van der Waals surface area (Å²) in [6.07, 6.45) is 0. The molecule has 0 bridgehead atoms. The first-order valence-electron chi connectivity index (χ1n) is 10.1. The molecule has 3 aromatic rings. The van der Waals surface area contributed by atoms with E-state index in [9.17, 15) is 17.6 Å². The lowest BCUT2D eigenvalue weighted by Gasteiger charge is -2.27. The Hall–Kier alpha value is -2.11. The van der Waals surface area contributed by atoms with Crippen molar-refractivity contribution in [2.45, 2.75) is 18.0 Å². The van der Waals surface area contributed by atoms with E-state index in [4.69, 9.17) is 4.74 Å². The Labute approximate surface area is 205 Å². The van der Waals surface area contributed by atoms with Gasteiger partial charge in [0.25, 0.3) is 0 Å². The van der Waals surface area contributed by atoms with Crippen LogP contribution in [0.5, 0.6) is 0 Å². The molecule has 2 aromatic carbocycles. The van der Waals surface area contributed by atoms with E-state index in [-0.39, 0.29) is 42.9 Å². The number of hydrogen-bond donors (Lipinski definition) is 0. The highest BCUT2D eigenvalue weighted by molar-refractivity contribution is 9.10. The van der Waals surface area contributed by atoms with E-state index in [1.54, 1.807) is 29.2 Å². The Bertz CT molecular complexity index is 1140. The molecule has 0 saturated heterocycles. The van der Waals surface area contributed by atoms with Crippen molar-refractivity contribution < 1.29 is 22.3 Å². The summed E-state index contributed by atoms with van der Waals surface area (Å²) >= 11 is 4.81. The Morgan fingerprint density at radius 3 is 2.36 bits per heavy atom. The molecule has 1 heterocycles. The number of hydrogen-bond acceptors (Lipinski definition) is 5. The fourth-order valence-corrected chi connectivity index (χ4v) is 5.47. The van der Waals surface area contributed by atoms with E-state index in [0.717, 1.165) is 19.2 Å². The largest absolute Gasteiger partial charge is 0.383 e. The van der Waals surface area contributed by atoms with Crippen LogP contribution in [-0.4, -0.2) is 50.3 Å². The summed E-state index contributed by atoms with van der Waals surface area (Å²) in [4.78, 5) is 16.0. The molecular formula is C23H24BrFN2O4S2. The van der Waals surface area contributed by atoms with Crippen LogP contribution in [0.25, 0.3) is 0 Å². The van der Waals surface area contributed by atoms with E-state index >= 15 is 0 Å². The molecule has 1 aromatic heterocycles. The number of ether oxygens (including phenoxy) is 1. The Kier molecular flexibility index (Phi) is 9.16. The van der Waals surface area contributed by atoms with Gasteiger partial charge >= 0.3 is 0 Å². The minimum Gasteiger partial charge on any atom is -0.383 e. The van der Waals surface area contributed by atoms with Crippen molar-refractivity contribution in [1.82, 2.24) is 9.21 Å². The lowest BCUT2D eigenvalue weighted by atomic mass is 10.2. The summed E-state index contributed by atoms with van der Waals surface area (Å²) in [6.45, 7) is 0.391. The maximum absolute atomic E-state index is 13.3. The molecule has 0 saturated carbocycles. The van der Waals surface area contributed by atoms with Crippen LogP contribution < -0.4 is 0 Å². The molecule has 0 fully saturated rings. The van der Waals surface area contributed by atoms with Crippen LogP contribution in [0.3, 0.4) is 0 Å². The summed E-state index contributed by atoms with van der Waals surface area (Å²) < 4.78 is 46.8. The summed E-state index contributed by atoms with van der Waals surface area (Å²) in [5.74, 6) is -0.717. The number of carbonyl (C=O) groups excluding carboxylic acids is 1. The fourth-order valence-electron chi connectivity index (χ4n) is 3.12. The normalized spacial score (nSPS) is 11.6. The number of nitrogens with zero attached hydrogens (tertiary/aromatic N) is 2. The zero-order valence-electron chi connectivity index (χ0n) is 18.0. The van der Waals surface area contributed by atoms with Gasteiger partial charge in [-0.2, -0.15) is 4.31 Å². The van der Waals surface area contributed by atoms with Crippen LogP contribution in [0, 0.1) is 5.82 Å². The van der Waals surface area contributed by atoms with Gasteiger partial charge in [0.15, 0.2) is 0 Å². The van der Waals surface area contributed by atoms with E-state index < -0.39 is 10.0 Å². The van der Waals surface area contributed by atoms with Crippen molar-refractivity contribution in [2.75, 3.05) is 26.8 Å². The zero-order valence-corrected chi connectivity index (χ0v) is 21.2. The summed E-state index contributed by atoms with van der Waals surface area (Å²) in [5, 5.41) is 1.92. The Balaban J connectivity index is 1.85. The van der Waals surface area contributed by atoms with Crippen molar-refractivity contribution in [3.8, 4) is 0 Å². The molecule has 0 aliphatic heterocycles. The zero-order chi connectivity index (χ0) is 23.8. The van der Waals surface area contributed by atoms with Crippen LogP contribution in [0.15, 0.2) is 75.4 Å². The van der Waals surface area contributed by atoms with Gasteiger partial charge in [0, 0.05) is 29.5 Å². The second-order valence-electron chi connectivity index (χ2n) is 7.24. The standard InChI is InChI=1S/C23H24BrFN2O4S2/c1-31-13-12-27(33(29,30)22-10-6-19(24)7-11-22)17-23(28)26(16-21-3-2-14-32-21)15-18-4-8-20(25)9-5-18/h2-11,14H,12-13,15-17H2,1H3. The lowest BCUT2D eigenvalue weighted by molar-refractivity contribution is -0.132. The van der Waals surface area contributed by atoms with Gasteiger partial charge in [-0.3, -0.25) is 4.79 Å². The first-order valence-corrected chi connectivity index (χ1v) is 13.2. The van der Waals surface area contributed by atoms with Crippen molar-refractivity contribution in [3.63, 3.8) is 0 Å². The van der Waals surface area contributed by atoms with Gasteiger partial charge in [-0.15, -0.1) is 11.3 Å². The third kappa shape index (κ3) is 7.18. The first kappa shape index (κ1) is 25.5. The predicted molar refractivity (Wildman–Crippen MR) is 130 cm³/mol. The number of amides is 1. The second-order valence-corrected chi connectivity index (χ2v) is 11.1. The molecule has 176 valence electrons. The molecule has 0 aliphatic rings. The molecule has 0 N–H and O–H groups in total. The quantitative estimate of drug-likeness (QED) is 0.349. The minimum atomic E-state index is -3.92. The molecule has 0 aliphatic carbocycles. The highest BCUT2D eigenvalue weighted by Crippen LogP contribution is 2.20. The van der Waals surface area contributed by atoms with Crippen LogP contribution >= 0.6 is 27.3 Å². The van der Waals surface area contributed by atoms with Gasteiger partial charge < -0.3 is 9.64 Å². The average Bonchev–Trinajstić information content (AvgIpc) is 3.31. The van der Waals surface area contributed by atoms with Crippen LogP contribution in [0.2, 0.25) is 0 Å². The van der Waals surface area contributed by atoms with Crippen molar-refractivity contribution in [3.05, 3.63) is 86.8 Å². The summed E-state index contributed by atoms with van der Waals surface area (Å²) in [5.41, 5.74) is 0.750. The molecule has 6 nitrogen and oxygen atoms in total. The van der Waals surface area contributed by atoms with Gasteiger partial charge in [-0.1, -0.05) is 34.1 Å². The Morgan fingerprint density at radius 1 is 1.06 bits per heavy atom. The van der Waals surface area contributed by atoms with Crippen molar-refractivity contribution in [2.24, 2.45) is 0 Å². The molecule has 0 radical (unpaired) electrons. The van der Waals surface area contributed by atoms with Gasteiger partial charge in [-0.25, -0.2) is 12.8 Å². The van der Waals surface area contributed by atoms with Gasteiger partial charge in [-0.05, 0) is 53.4 Å². The maximum Gasteiger partial charge on any atom is 0.243 e. The fraction of sp³-hybridized carbons (Fsp3) is 0.261. The monoisotopic (exact) mass is 554 g/mol. The maximum atomic E-state index is 13.3. The highest BCUT2D eigenvalue weighted by Gasteiger charge is 2.28. The lowest BCUT2D eigenvalue weighted by Crippen LogP contribution is -2.43. The van der Waals surface area contributed by atoms with Gasteiger partial charge in [0.05, 0.1) is 24.6 Å². The third-order valence-electron chi connectivity index (χ3n) is 4.87. The van der Waals surface area contributed by atoms with E-state index in [2.05, 4.69) is 15.9 Å². The summed E-state index contributed by atoms with van der Waals surface area (Å²) in [7, 11) is -2.45. The number of thiophene rings is 1. The smallest absolute Gasteiger partial charge is 0.243 e. The molecule has 0 unspecified atom stereocenters. The average molecular weight is 555 g/mol. The second kappa shape index (κ2) is 11.8. The topological polar surface area (TPSA) is 66.9 Å².